The van der Waals surface area contributed by atoms with Crippen molar-refractivity contribution in [3.63, 3.8) is 0 Å². The molecule has 4 rings (SSSR count). The summed E-state index contributed by atoms with van der Waals surface area (Å²) in [4.78, 5) is 7.37. The zero-order valence-electron chi connectivity index (χ0n) is 15.8. The van der Waals surface area contributed by atoms with Gasteiger partial charge in [0, 0.05) is 44.4 Å². The zero-order valence-corrected chi connectivity index (χ0v) is 15.8. The molecule has 1 aliphatic carbocycles. The molecule has 2 aromatic rings. The van der Waals surface area contributed by atoms with Gasteiger partial charge in [-0.2, -0.15) is 10.1 Å². The first-order valence-electron chi connectivity index (χ1n) is 9.51. The number of aryl methyl sites for hydroxylation is 1. The highest BCUT2D eigenvalue weighted by molar-refractivity contribution is 5.21. The van der Waals surface area contributed by atoms with Crippen LogP contribution in [-0.2, 0) is 25.4 Å². The molecule has 0 radical (unpaired) electrons. The Morgan fingerprint density at radius 1 is 1.40 bits per heavy atom. The van der Waals surface area contributed by atoms with E-state index >= 15 is 0 Å². The second-order valence-electron chi connectivity index (χ2n) is 8.40. The number of hydrogen-bond acceptors (Lipinski definition) is 5. The summed E-state index contributed by atoms with van der Waals surface area (Å²) in [6, 6.07) is 0. The molecule has 2 fully saturated rings. The van der Waals surface area contributed by atoms with Crippen molar-refractivity contribution in [1.82, 2.24) is 24.8 Å². The maximum atomic E-state index is 5.57. The number of likely N-dealkylation sites (tertiary alicyclic amines) is 1. The summed E-state index contributed by atoms with van der Waals surface area (Å²) in [6.07, 6.45) is 6.60. The summed E-state index contributed by atoms with van der Waals surface area (Å²) < 4.78 is 7.53. The molecule has 1 saturated heterocycles. The third kappa shape index (κ3) is 2.90. The summed E-state index contributed by atoms with van der Waals surface area (Å²) in [5.41, 5.74) is 2.67. The molecule has 1 aliphatic heterocycles. The molecular formula is C19H29N5O. The normalized spacial score (nSPS) is 26.7. The Balaban J connectivity index is 1.54. The first-order chi connectivity index (χ1) is 12.0. The summed E-state index contributed by atoms with van der Waals surface area (Å²) >= 11 is 0. The van der Waals surface area contributed by atoms with Crippen LogP contribution in [0.5, 0.6) is 0 Å². The fourth-order valence-corrected chi connectivity index (χ4v) is 4.71. The van der Waals surface area contributed by atoms with Crippen molar-refractivity contribution in [3.05, 3.63) is 29.2 Å². The van der Waals surface area contributed by atoms with Gasteiger partial charge in [-0.1, -0.05) is 25.4 Å². The van der Waals surface area contributed by atoms with E-state index in [1.807, 2.05) is 17.9 Å². The SMILES string of the molecule is Cc1c(CN2C[C@H]3CCC[C@@]3(c3noc(CC(C)C)n3)C2)cnn1C. The molecule has 6 nitrogen and oxygen atoms in total. The van der Waals surface area contributed by atoms with E-state index in [0.717, 1.165) is 37.8 Å². The highest BCUT2D eigenvalue weighted by Crippen LogP contribution is 2.49. The van der Waals surface area contributed by atoms with E-state index in [1.54, 1.807) is 0 Å². The molecule has 0 amide bonds. The minimum atomic E-state index is 0.0921. The van der Waals surface area contributed by atoms with Crippen LogP contribution in [0, 0.1) is 18.8 Å². The van der Waals surface area contributed by atoms with Crippen LogP contribution in [0.25, 0.3) is 0 Å². The Kier molecular flexibility index (Phi) is 4.18. The first kappa shape index (κ1) is 16.8. The third-order valence-corrected chi connectivity index (χ3v) is 6.17. The average Bonchev–Trinajstić information content (AvgIpc) is 3.27. The van der Waals surface area contributed by atoms with Gasteiger partial charge in [-0.25, -0.2) is 0 Å². The molecule has 0 unspecified atom stereocenters. The van der Waals surface area contributed by atoms with Gasteiger partial charge >= 0.3 is 0 Å². The van der Waals surface area contributed by atoms with Crippen LogP contribution in [0.2, 0.25) is 0 Å². The molecule has 0 spiro atoms. The van der Waals surface area contributed by atoms with Crippen molar-refractivity contribution in [2.24, 2.45) is 18.9 Å². The smallest absolute Gasteiger partial charge is 0.226 e. The number of nitrogens with zero attached hydrogens (tertiary/aromatic N) is 5. The Labute approximate surface area is 149 Å². The molecule has 0 N–H and O–H groups in total. The highest BCUT2D eigenvalue weighted by atomic mass is 16.5. The van der Waals surface area contributed by atoms with Gasteiger partial charge in [0.15, 0.2) is 5.82 Å². The predicted octanol–water partition coefficient (Wildman–Crippen LogP) is 2.86. The minimum absolute atomic E-state index is 0.0921. The van der Waals surface area contributed by atoms with Gasteiger partial charge in [0.2, 0.25) is 5.89 Å². The highest BCUT2D eigenvalue weighted by Gasteiger charge is 2.53. The second-order valence-corrected chi connectivity index (χ2v) is 8.40. The van der Waals surface area contributed by atoms with Crippen LogP contribution in [0.1, 0.15) is 56.1 Å². The van der Waals surface area contributed by atoms with Gasteiger partial charge in [-0.3, -0.25) is 9.58 Å². The van der Waals surface area contributed by atoms with Crippen LogP contribution >= 0.6 is 0 Å². The fraction of sp³-hybridized carbons (Fsp3) is 0.737. The van der Waals surface area contributed by atoms with Crippen molar-refractivity contribution in [2.45, 2.75) is 58.4 Å². The quantitative estimate of drug-likeness (QED) is 0.835. The molecule has 2 atom stereocenters. The number of rotatable bonds is 5. The van der Waals surface area contributed by atoms with E-state index in [2.05, 4.69) is 35.9 Å². The molecule has 0 bridgehead atoms. The monoisotopic (exact) mass is 343 g/mol. The van der Waals surface area contributed by atoms with E-state index in [0.29, 0.717) is 11.8 Å². The van der Waals surface area contributed by atoms with Crippen LogP contribution in [0.4, 0.5) is 0 Å². The lowest BCUT2D eigenvalue weighted by molar-refractivity contribution is 0.284. The Morgan fingerprint density at radius 2 is 2.24 bits per heavy atom. The van der Waals surface area contributed by atoms with Gasteiger partial charge in [0.1, 0.15) is 0 Å². The van der Waals surface area contributed by atoms with E-state index in [9.17, 15) is 0 Å². The molecule has 1 saturated carbocycles. The third-order valence-electron chi connectivity index (χ3n) is 6.17. The van der Waals surface area contributed by atoms with Crippen LogP contribution in [-0.4, -0.2) is 37.9 Å². The molecule has 25 heavy (non-hydrogen) atoms. The molecule has 136 valence electrons. The summed E-state index contributed by atoms with van der Waals surface area (Å²) in [5, 5.41) is 8.81. The standard InChI is InChI=1S/C19H29N5O/c1-13(2)8-17-21-18(22-25-17)19-7-5-6-16(19)11-24(12-19)10-15-9-20-23(4)14(15)3/h9,13,16H,5-8,10-12H2,1-4H3/t16-,19-/m1/s1. The molecule has 2 aliphatic rings. The second kappa shape index (κ2) is 6.24. The fourth-order valence-electron chi connectivity index (χ4n) is 4.71. The van der Waals surface area contributed by atoms with E-state index in [4.69, 9.17) is 9.51 Å². The van der Waals surface area contributed by atoms with Crippen LogP contribution < -0.4 is 0 Å². The first-order valence-corrected chi connectivity index (χ1v) is 9.51. The lowest BCUT2D eigenvalue weighted by atomic mass is 9.80. The van der Waals surface area contributed by atoms with Crippen molar-refractivity contribution < 1.29 is 4.52 Å². The summed E-state index contributed by atoms with van der Waals surface area (Å²) in [6.45, 7) is 9.65. The number of fused-ring (bicyclic) bond motifs is 1. The van der Waals surface area contributed by atoms with Crippen molar-refractivity contribution >= 4 is 0 Å². The van der Waals surface area contributed by atoms with E-state index in [-0.39, 0.29) is 5.41 Å². The molecule has 6 heteroatoms. The average molecular weight is 343 g/mol. The number of aromatic nitrogens is 4. The van der Waals surface area contributed by atoms with E-state index < -0.39 is 0 Å². The summed E-state index contributed by atoms with van der Waals surface area (Å²) in [5.74, 6) is 2.94. The Bertz CT molecular complexity index is 749. The summed E-state index contributed by atoms with van der Waals surface area (Å²) in [7, 11) is 2.01. The maximum absolute atomic E-state index is 5.57. The van der Waals surface area contributed by atoms with Gasteiger partial charge in [-0.15, -0.1) is 0 Å². The van der Waals surface area contributed by atoms with E-state index in [1.165, 1.54) is 30.5 Å². The van der Waals surface area contributed by atoms with Crippen LogP contribution in [0.3, 0.4) is 0 Å². The lowest BCUT2D eigenvalue weighted by Gasteiger charge is -2.25. The van der Waals surface area contributed by atoms with Gasteiger partial charge < -0.3 is 4.52 Å². The zero-order chi connectivity index (χ0) is 17.6. The predicted molar refractivity (Wildman–Crippen MR) is 95.1 cm³/mol. The Hall–Kier alpha value is -1.69. The largest absolute Gasteiger partial charge is 0.339 e. The van der Waals surface area contributed by atoms with Gasteiger partial charge in [0.25, 0.3) is 0 Å². The van der Waals surface area contributed by atoms with Crippen molar-refractivity contribution in [3.8, 4) is 0 Å². The molecular weight excluding hydrogens is 314 g/mol. The lowest BCUT2D eigenvalue weighted by Crippen LogP contribution is -2.33. The number of hydrogen-bond donors (Lipinski definition) is 0. The van der Waals surface area contributed by atoms with Gasteiger partial charge in [-0.05, 0) is 31.6 Å². The molecule has 2 aromatic heterocycles. The Morgan fingerprint density at radius 3 is 2.96 bits per heavy atom. The molecule has 3 heterocycles. The van der Waals surface area contributed by atoms with Crippen molar-refractivity contribution in [2.75, 3.05) is 13.1 Å². The molecule has 0 aromatic carbocycles. The van der Waals surface area contributed by atoms with Gasteiger partial charge in [0.05, 0.1) is 11.6 Å². The van der Waals surface area contributed by atoms with Crippen LogP contribution in [0.15, 0.2) is 10.7 Å². The maximum Gasteiger partial charge on any atom is 0.226 e. The topological polar surface area (TPSA) is 60.0 Å². The minimum Gasteiger partial charge on any atom is -0.339 e. The van der Waals surface area contributed by atoms with Crippen molar-refractivity contribution in [1.29, 1.82) is 0 Å².